The van der Waals surface area contributed by atoms with Crippen LogP contribution in [0.4, 0.5) is 10.1 Å². The third-order valence-electron chi connectivity index (χ3n) is 5.61. The number of nitrogens with one attached hydrogen (secondary N) is 1. The molecular formula is C23H24ClFN4O2S. The number of sulfonamides is 1. The van der Waals surface area contributed by atoms with E-state index in [1.807, 2.05) is 23.1 Å². The molecule has 0 saturated carbocycles. The number of nitrogens with zero attached hydrogens (tertiary/aromatic N) is 3. The van der Waals surface area contributed by atoms with Gasteiger partial charge in [0.2, 0.25) is 10.0 Å². The van der Waals surface area contributed by atoms with Gasteiger partial charge in [0, 0.05) is 50.1 Å². The first-order valence-electron chi connectivity index (χ1n) is 10.3. The Balaban J connectivity index is 1.48. The zero-order valence-corrected chi connectivity index (χ0v) is 18.9. The van der Waals surface area contributed by atoms with E-state index in [9.17, 15) is 12.8 Å². The van der Waals surface area contributed by atoms with E-state index in [-0.39, 0.29) is 23.3 Å². The maximum atomic E-state index is 14.2. The van der Waals surface area contributed by atoms with Crippen LogP contribution in [0.15, 0.2) is 78.0 Å². The Bertz CT molecular complexity index is 1140. The van der Waals surface area contributed by atoms with Gasteiger partial charge in [-0.2, -0.15) is 0 Å². The summed E-state index contributed by atoms with van der Waals surface area (Å²) in [6.07, 6.45) is 3.44. The van der Waals surface area contributed by atoms with E-state index in [1.54, 1.807) is 36.7 Å². The Labute approximate surface area is 192 Å². The Morgan fingerprint density at radius 3 is 2.38 bits per heavy atom. The maximum absolute atomic E-state index is 14.2. The molecule has 0 amide bonds. The lowest BCUT2D eigenvalue weighted by molar-refractivity contribution is 0.186. The minimum absolute atomic E-state index is 0.163. The van der Waals surface area contributed by atoms with E-state index < -0.39 is 10.0 Å². The first-order valence-corrected chi connectivity index (χ1v) is 12.2. The molecule has 1 fully saturated rings. The molecule has 0 spiro atoms. The van der Waals surface area contributed by atoms with Crippen LogP contribution < -0.4 is 9.62 Å². The van der Waals surface area contributed by atoms with Crippen LogP contribution >= 0.6 is 11.6 Å². The van der Waals surface area contributed by atoms with Crippen molar-refractivity contribution in [3.05, 3.63) is 89.5 Å². The van der Waals surface area contributed by atoms with E-state index in [0.717, 1.165) is 5.56 Å². The van der Waals surface area contributed by atoms with E-state index in [1.165, 1.54) is 18.2 Å². The summed E-state index contributed by atoms with van der Waals surface area (Å²) in [5.41, 5.74) is 1.51. The molecule has 0 unspecified atom stereocenters. The zero-order valence-electron chi connectivity index (χ0n) is 17.4. The van der Waals surface area contributed by atoms with Gasteiger partial charge in [-0.1, -0.05) is 29.8 Å². The molecule has 9 heteroatoms. The molecule has 168 valence electrons. The highest BCUT2D eigenvalue weighted by Crippen LogP contribution is 2.25. The summed E-state index contributed by atoms with van der Waals surface area (Å²) in [5.74, 6) is -0.236. The number of aromatic nitrogens is 1. The number of halogens is 2. The van der Waals surface area contributed by atoms with Gasteiger partial charge in [-0.05, 0) is 48.0 Å². The number of para-hydroxylation sites is 1. The van der Waals surface area contributed by atoms with Crippen LogP contribution in [0.25, 0.3) is 0 Å². The highest BCUT2D eigenvalue weighted by Gasteiger charge is 2.28. The van der Waals surface area contributed by atoms with Crippen molar-refractivity contribution in [3.63, 3.8) is 0 Å². The van der Waals surface area contributed by atoms with E-state index in [2.05, 4.69) is 14.6 Å². The fraction of sp³-hybridized carbons (Fsp3) is 0.261. The Kier molecular flexibility index (Phi) is 7.05. The van der Waals surface area contributed by atoms with Gasteiger partial charge in [-0.3, -0.25) is 9.88 Å². The number of rotatable bonds is 7. The standard InChI is InChI=1S/C23H24ClFN4O2S/c24-19-7-9-20(10-8-19)32(30,31)27-17-23(18-4-3-11-26-16-18)29-14-12-28(13-15-29)22-6-2-1-5-21(22)25/h1-11,16,23,27H,12-15,17H2/t23-/m0/s1. The molecule has 6 nitrogen and oxygen atoms in total. The van der Waals surface area contributed by atoms with Crippen LogP contribution in [0, 0.1) is 5.82 Å². The smallest absolute Gasteiger partial charge is 0.240 e. The lowest BCUT2D eigenvalue weighted by Gasteiger charge is -2.40. The lowest BCUT2D eigenvalue weighted by Crippen LogP contribution is -2.50. The Hall–Kier alpha value is -2.52. The maximum Gasteiger partial charge on any atom is 0.240 e. The summed E-state index contributed by atoms with van der Waals surface area (Å²) in [6, 6.07) is 16.4. The second-order valence-electron chi connectivity index (χ2n) is 7.58. The number of anilines is 1. The van der Waals surface area contributed by atoms with Crippen molar-refractivity contribution >= 4 is 27.3 Å². The number of hydrogen-bond acceptors (Lipinski definition) is 5. The summed E-state index contributed by atoms with van der Waals surface area (Å²) in [6.45, 7) is 2.80. The van der Waals surface area contributed by atoms with Crippen LogP contribution in [0.5, 0.6) is 0 Å². The molecule has 3 aromatic rings. The van der Waals surface area contributed by atoms with Gasteiger partial charge in [-0.25, -0.2) is 17.5 Å². The highest BCUT2D eigenvalue weighted by atomic mass is 35.5. The minimum atomic E-state index is -3.69. The van der Waals surface area contributed by atoms with Crippen molar-refractivity contribution in [1.82, 2.24) is 14.6 Å². The van der Waals surface area contributed by atoms with Crippen molar-refractivity contribution in [3.8, 4) is 0 Å². The average Bonchev–Trinajstić information content (AvgIpc) is 2.81. The van der Waals surface area contributed by atoms with Gasteiger partial charge in [0.05, 0.1) is 16.6 Å². The van der Waals surface area contributed by atoms with Crippen LogP contribution in [-0.2, 0) is 10.0 Å². The summed E-state index contributed by atoms with van der Waals surface area (Å²) in [4.78, 5) is 8.60. The van der Waals surface area contributed by atoms with E-state index in [0.29, 0.717) is 36.9 Å². The first kappa shape index (κ1) is 22.7. The Morgan fingerprint density at radius 1 is 1.00 bits per heavy atom. The number of benzene rings is 2. The SMILES string of the molecule is O=S(=O)(NC[C@@H](c1cccnc1)N1CCN(c2ccccc2F)CC1)c1ccc(Cl)cc1. The lowest BCUT2D eigenvalue weighted by atomic mass is 10.1. The first-order chi connectivity index (χ1) is 15.4. The largest absolute Gasteiger partial charge is 0.367 e. The van der Waals surface area contributed by atoms with Crippen molar-refractivity contribution in [1.29, 1.82) is 0 Å². The summed E-state index contributed by atoms with van der Waals surface area (Å²) in [7, 11) is -3.69. The van der Waals surface area contributed by atoms with Crippen molar-refractivity contribution in [2.45, 2.75) is 10.9 Å². The predicted octanol–water partition coefficient (Wildman–Crippen LogP) is 3.72. The molecular weight excluding hydrogens is 451 g/mol. The molecule has 4 rings (SSSR count). The molecule has 2 heterocycles. The number of hydrogen-bond donors (Lipinski definition) is 1. The van der Waals surface area contributed by atoms with Crippen molar-refractivity contribution < 1.29 is 12.8 Å². The van der Waals surface area contributed by atoms with Crippen LogP contribution in [0.2, 0.25) is 5.02 Å². The molecule has 0 bridgehead atoms. The zero-order chi connectivity index (χ0) is 22.6. The van der Waals surface area contributed by atoms with Crippen molar-refractivity contribution in [2.75, 3.05) is 37.6 Å². The predicted molar refractivity (Wildman–Crippen MR) is 124 cm³/mol. The number of piperazine rings is 1. The molecule has 1 N–H and O–H groups in total. The molecule has 0 aliphatic carbocycles. The molecule has 1 saturated heterocycles. The van der Waals surface area contributed by atoms with Gasteiger partial charge in [-0.15, -0.1) is 0 Å². The van der Waals surface area contributed by atoms with Crippen molar-refractivity contribution in [2.24, 2.45) is 0 Å². The monoisotopic (exact) mass is 474 g/mol. The van der Waals surface area contributed by atoms with Gasteiger partial charge >= 0.3 is 0 Å². The fourth-order valence-electron chi connectivity index (χ4n) is 3.90. The fourth-order valence-corrected chi connectivity index (χ4v) is 5.06. The highest BCUT2D eigenvalue weighted by molar-refractivity contribution is 7.89. The van der Waals surface area contributed by atoms with Gasteiger partial charge in [0.15, 0.2) is 0 Å². The Morgan fingerprint density at radius 2 is 1.72 bits per heavy atom. The van der Waals surface area contributed by atoms with Crippen LogP contribution in [0.1, 0.15) is 11.6 Å². The molecule has 1 aliphatic heterocycles. The molecule has 32 heavy (non-hydrogen) atoms. The molecule has 0 radical (unpaired) electrons. The topological polar surface area (TPSA) is 65.5 Å². The summed E-state index contributed by atoms with van der Waals surface area (Å²) >= 11 is 5.88. The van der Waals surface area contributed by atoms with Gasteiger partial charge in [0.25, 0.3) is 0 Å². The normalized spacial score (nSPS) is 16.1. The quantitative estimate of drug-likeness (QED) is 0.565. The second kappa shape index (κ2) is 9.95. The average molecular weight is 475 g/mol. The van der Waals surface area contributed by atoms with Crippen LogP contribution in [0.3, 0.4) is 0 Å². The second-order valence-corrected chi connectivity index (χ2v) is 9.79. The molecule has 2 aromatic carbocycles. The summed E-state index contributed by atoms with van der Waals surface area (Å²) in [5, 5.41) is 0.477. The van der Waals surface area contributed by atoms with Gasteiger partial charge in [0.1, 0.15) is 5.82 Å². The summed E-state index contributed by atoms with van der Waals surface area (Å²) < 4.78 is 42.5. The number of pyridine rings is 1. The molecule has 1 aromatic heterocycles. The molecule has 1 atom stereocenters. The molecule has 1 aliphatic rings. The van der Waals surface area contributed by atoms with Crippen LogP contribution in [-0.4, -0.2) is 51.0 Å². The minimum Gasteiger partial charge on any atom is -0.367 e. The van der Waals surface area contributed by atoms with Gasteiger partial charge < -0.3 is 4.90 Å². The third-order valence-corrected chi connectivity index (χ3v) is 7.30. The van der Waals surface area contributed by atoms with E-state index >= 15 is 0 Å². The third kappa shape index (κ3) is 5.27. The van der Waals surface area contributed by atoms with E-state index in [4.69, 9.17) is 11.6 Å².